The van der Waals surface area contributed by atoms with E-state index in [-0.39, 0.29) is 11.8 Å². The first kappa shape index (κ1) is 18.6. The minimum Gasteiger partial charge on any atom is -0.356 e. The minimum absolute atomic E-state index is 0.0474. The fraction of sp³-hybridized carbons (Fsp3) is 0.733. The smallest absolute Gasteiger partial charge is 0.246 e. The summed E-state index contributed by atoms with van der Waals surface area (Å²) in [7, 11) is 4.03. The van der Waals surface area contributed by atoms with Crippen LogP contribution in [0.25, 0.3) is 0 Å². The molecule has 20 heavy (non-hydrogen) atoms. The van der Waals surface area contributed by atoms with Crippen LogP contribution in [0.4, 0.5) is 0 Å². The largest absolute Gasteiger partial charge is 0.356 e. The summed E-state index contributed by atoms with van der Waals surface area (Å²) in [6.45, 7) is 7.87. The van der Waals surface area contributed by atoms with Crippen LogP contribution in [0.2, 0.25) is 0 Å². The Morgan fingerprint density at radius 1 is 1.35 bits per heavy atom. The fourth-order valence-corrected chi connectivity index (χ4v) is 1.65. The van der Waals surface area contributed by atoms with E-state index >= 15 is 0 Å². The molecule has 5 heteroatoms. The van der Waals surface area contributed by atoms with E-state index in [0.717, 1.165) is 45.3 Å². The summed E-state index contributed by atoms with van der Waals surface area (Å²) in [5.74, 6) is 0.177. The number of hydrogen-bond donors (Lipinski definition) is 2. The van der Waals surface area contributed by atoms with E-state index in [1.54, 1.807) is 6.92 Å². The number of nitrogens with zero attached hydrogens (tertiary/aromatic N) is 1. The average molecular weight is 283 g/mol. The molecule has 1 rings (SSSR count). The van der Waals surface area contributed by atoms with E-state index < -0.39 is 0 Å². The first-order valence-corrected chi connectivity index (χ1v) is 7.28. The van der Waals surface area contributed by atoms with Gasteiger partial charge in [-0.25, -0.2) is 0 Å². The van der Waals surface area contributed by atoms with Gasteiger partial charge in [0, 0.05) is 25.1 Å². The van der Waals surface area contributed by atoms with Crippen molar-refractivity contribution in [3.05, 3.63) is 12.2 Å². The Kier molecular flexibility index (Phi) is 10.7. The maximum Gasteiger partial charge on any atom is 0.246 e. The molecule has 0 bridgehead atoms. The van der Waals surface area contributed by atoms with Crippen LogP contribution in [0, 0.1) is 0 Å². The highest BCUT2D eigenvalue weighted by atomic mass is 16.2. The molecule has 0 aromatic carbocycles. The third-order valence-electron chi connectivity index (χ3n) is 2.86. The normalized spacial score (nSPS) is 14.7. The summed E-state index contributed by atoms with van der Waals surface area (Å²) in [6.07, 6.45) is 5.16. The van der Waals surface area contributed by atoms with E-state index in [0.29, 0.717) is 5.57 Å². The van der Waals surface area contributed by atoms with Gasteiger partial charge in [-0.05, 0) is 46.8 Å². The van der Waals surface area contributed by atoms with Crippen molar-refractivity contribution in [3.63, 3.8) is 0 Å². The number of rotatable bonds is 5. The van der Waals surface area contributed by atoms with Crippen molar-refractivity contribution in [2.45, 2.75) is 39.0 Å². The highest BCUT2D eigenvalue weighted by Gasteiger charge is 2.03. The highest BCUT2D eigenvalue weighted by molar-refractivity contribution is 5.91. The van der Waals surface area contributed by atoms with Gasteiger partial charge in [0.25, 0.3) is 0 Å². The van der Waals surface area contributed by atoms with E-state index in [1.807, 2.05) is 14.1 Å². The lowest BCUT2D eigenvalue weighted by Gasteiger charge is -2.09. The molecule has 1 fully saturated rings. The molecule has 0 atom stereocenters. The molecule has 0 aromatic rings. The zero-order valence-corrected chi connectivity index (χ0v) is 13.1. The first-order chi connectivity index (χ1) is 9.43. The number of carbonyl (C=O) groups is 2. The van der Waals surface area contributed by atoms with Gasteiger partial charge in [0.05, 0.1) is 0 Å². The molecule has 1 aliphatic rings. The van der Waals surface area contributed by atoms with Gasteiger partial charge in [-0.2, -0.15) is 0 Å². The van der Waals surface area contributed by atoms with Crippen molar-refractivity contribution in [2.75, 3.05) is 33.7 Å². The monoisotopic (exact) mass is 283 g/mol. The van der Waals surface area contributed by atoms with E-state index in [1.165, 1.54) is 6.42 Å². The summed E-state index contributed by atoms with van der Waals surface area (Å²) in [5.41, 5.74) is 0.569. The number of nitrogens with one attached hydrogen (secondary N) is 2. The predicted molar refractivity (Wildman–Crippen MR) is 82.5 cm³/mol. The number of amides is 2. The first-order valence-electron chi connectivity index (χ1n) is 7.28. The molecular weight excluding hydrogens is 254 g/mol. The number of hydrogen-bond acceptors (Lipinski definition) is 3. The topological polar surface area (TPSA) is 61.4 Å². The Bertz CT molecular complexity index is 304. The second kappa shape index (κ2) is 11.5. The zero-order chi connectivity index (χ0) is 15.4. The van der Waals surface area contributed by atoms with Crippen LogP contribution in [-0.2, 0) is 9.59 Å². The van der Waals surface area contributed by atoms with Crippen molar-refractivity contribution in [3.8, 4) is 0 Å². The molecule has 1 heterocycles. The maximum atomic E-state index is 11.0. The van der Waals surface area contributed by atoms with Crippen LogP contribution >= 0.6 is 0 Å². The minimum atomic E-state index is -0.0474. The molecule has 5 nitrogen and oxygen atoms in total. The van der Waals surface area contributed by atoms with Crippen molar-refractivity contribution < 1.29 is 9.59 Å². The van der Waals surface area contributed by atoms with Gasteiger partial charge < -0.3 is 15.5 Å². The van der Waals surface area contributed by atoms with Crippen molar-refractivity contribution in [2.24, 2.45) is 0 Å². The molecule has 0 spiro atoms. The molecule has 0 aromatic heterocycles. The quantitative estimate of drug-likeness (QED) is 0.591. The predicted octanol–water partition coefficient (Wildman–Crippen LogP) is 1.31. The second-order valence-corrected chi connectivity index (χ2v) is 5.35. The average Bonchev–Trinajstić information content (AvgIpc) is 2.62. The fourth-order valence-electron chi connectivity index (χ4n) is 1.65. The van der Waals surface area contributed by atoms with E-state index in [9.17, 15) is 9.59 Å². The van der Waals surface area contributed by atoms with Crippen molar-refractivity contribution in [1.82, 2.24) is 15.5 Å². The molecule has 2 amide bonds. The van der Waals surface area contributed by atoms with Gasteiger partial charge in [-0.15, -0.1) is 0 Å². The van der Waals surface area contributed by atoms with Gasteiger partial charge in [0.2, 0.25) is 11.8 Å². The molecular formula is C15H29N3O2. The Morgan fingerprint density at radius 3 is 2.65 bits per heavy atom. The second-order valence-electron chi connectivity index (χ2n) is 5.35. The standard InChI is InChI=1S/C9H18N2O.C6H11NO/c1-8(2)9(12)10-6-5-7-11(3)4;8-6-4-2-1-3-5-7-6/h1,5-7H2,2-4H3,(H,10,12);1-5H2,(H,7,8). The van der Waals surface area contributed by atoms with Gasteiger partial charge >= 0.3 is 0 Å². The van der Waals surface area contributed by atoms with Crippen LogP contribution in [0.3, 0.4) is 0 Å². The van der Waals surface area contributed by atoms with Crippen LogP contribution in [-0.4, -0.2) is 50.4 Å². The molecule has 2 N–H and O–H groups in total. The zero-order valence-electron chi connectivity index (χ0n) is 13.1. The summed E-state index contributed by atoms with van der Waals surface area (Å²) in [4.78, 5) is 23.6. The number of carbonyl (C=O) groups excluding carboxylic acids is 2. The molecule has 116 valence electrons. The Labute approximate surface area is 122 Å². The lowest BCUT2D eigenvalue weighted by Crippen LogP contribution is -2.27. The molecule has 0 unspecified atom stereocenters. The summed E-state index contributed by atoms with van der Waals surface area (Å²) in [5, 5.41) is 5.58. The molecule has 1 aliphatic heterocycles. The van der Waals surface area contributed by atoms with Gasteiger partial charge in [0.1, 0.15) is 0 Å². The summed E-state index contributed by atoms with van der Waals surface area (Å²) in [6, 6.07) is 0. The molecule has 0 aliphatic carbocycles. The Morgan fingerprint density at radius 2 is 2.05 bits per heavy atom. The van der Waals surface area contributed by atoms with Crippen LogP contribution < -0.4 is 10.6 Å². The van der Waals surface area contributed by atoms with E-state index in [2.05, 4.69) is 22.1 Å². The van der Waals surface area contributed by atoms with E-state index in [4.69, 9.17) is 0 Å². The third kappa shape index (κ3) is 11.7. The van der Waals surface area contributed by atoms with Crippen LogP contribution in [0.1, 0.15) is 39.0 Å². The molecule has 0 radical (unpaired) electrons. The third-order valence-corrected chi connectivity index (χ3v) is 2.86. The summed E-state index contributed by atoms with van der Waals surface area (Å²) < 4.78 is 0. The lowest BCUT2D eigenvalue weighted by atomic mass is 10.2. The van der Waals surface area contributed by atoms with Gasteiger partial charge in [-0.1, -0.05) is 13.0 Å². The van der Waals surface area contributed by atoms with Crippen LogP contribution in [0.15, 0.2) is 12.2 Å². The maximum absolute atomic E-state index is 11.0. The van der Waals surface area contributed by atoms with Gasteiger partial charge in [-0.3, -0.25) is 9.59 Å². The van der Waals surface area contributed by atoms with Crippen molar-refractivity contribution in [1.29, 1.82) is 0 Å². The molecule has 1 saturated heterocycles. The van der Waals surface area contributed by atoms with Gasteiger partial charge in [0.15, 0.2) is 0 Å². The van der Waals surface area contributed by atoms with Crippen LogP contribution in [0.5, 0.6) is 0 Å². The highest BCUT2D eigenvalue weighted by Crippen LogP contribution is 2.02. The summed E-state index contributed by atoms with van der Waals surface area (Å²) >= 11 is 0. The SMILES string of the molecule is C=C(C)C(=O)NCCCN(C)C.O=C1CCCCCN1. The Hall–Kier alpha value is -1.36. The van der Waals surface area contributed by atoms with Crippen molar-refractivity contribution >= 4 is 11.8 Å². The Balaban J connectivity index is 0.000000388. The lowest BCUT2D eigenvalue weighted by molar-refractivity contribution is -0.120. The molecule has 0 saturated carbocycles.